The molecule has 0 bridgehead atoms. The van der Waals surface area contributed by atoms with Crippen molar-refractivity contribution < 1.29 is 0 Å². The highest BCUT2D eigenvalue weighted by atomic mass is 14.9. The molecule has 172 valence electrons. The maximum absolute atomic E-state index is 3.69. The summed E-state index contributed by atoms with van der Waals surface area (Å²) in [4.78, 5) is 0. The van der Waals surface area contributed by atoms with Gasteiger partial charge in [-0.3, -0.25) is 0 Å². The van der Waals surface area contributed by atoms with Gasteiger partial charge in [-0.05, 0) is 85.3 Å². The van der Waals surface area contributed by atoms with Gasteiger partial charge in [0.15, 0.2) is 0 Å². The van der Waals surface area contributed by atoms with Crippen LogP contribution < -0.4 is 5.32 Å². The third kappa shape index (κ3) is 3.17. The van der Waals surface area contributed by atoms with Crippen molar-refractivity contribution in [3.63, 3.8) is 0 Å². The Morgan fingerprint density at radius 3 is 2.06 bits per heavy atom. The van der Waals surface area contributed by atoms with Crippen molar-refractivity contribution in [2.45, 2.75) is 19.3 Å². The van der Waals surface area contributed by atoms with Gasteiger partial charge < -0.3 is 5.32 Å². The van der Waals surface area contributed by atoms with E-state index >= 15 is 0 Å². The highest BCUT2D eigenvalue weighted by Gasteiger charge is 2.35. The smallest absolute Gasteiger partial charge is 0.0390 e. The Balaban J connectivity index is 1.29. The van der Waals surface area contributed by atoms with Crippen LogP contribution in [0.4, 0.5) is 11.4 Å². The predicted octanol–water partition coefficient (Wildman–Crippen LogP) is 9.71. The molecule has 0 aliphatic heterocycles. The van der Waals surface area contributed by atoms with E-state index in [0.29, 0.717) is 0 Å². The molecular formula is C35H27N. The quantitative estimate of drug-likeness (QED) is 0.259. The summed E-state index contributed by atoms with van der Waals surface area (Å²) in [6, 6.07) is 44.1. The average Bonchev–Trinajstić information content (AvgIpc) is 3.15. The van der Waals surface area contributed by atoms with Crippen molar-refractivity contribution in [2.75, 3.05) is 5.32 Å². The second-order valence-corrected chi connectivity index (χ2v) is 10.3. The first-order valence-corrected chi connectivity index (χ1v) is 12.6. The Bertz CT molecular complexity index is 1790. The SMILES string of the molecule is CC1(C)c2ccccc2-c2ccc(Nc3cccc(-c4cc5ccccc5c5ccccc45)c3)cc21. The molecular weight excluding hydrogens is 434 g/mol. The topological polar surface area (TPSA) is 12.0 Å². The first-order valence-electron chi connectivity index (χ1n) is 12.6. The van der Waals surface area contributed by atoms with Gasteiger partial charge in [0.2, 0.25) is 0 Å². The third-order valence-corrected chi connectivity index (χ3v) is 7.81. The van der Waals surface area contributed by atoms with Gasteiger partial charge in [-0.15, -0.1) is 0 Å². The largest absolute Gasteiger partial charge is 0.356 e. The Hall–Kier alpha value is -4.36. The van der Waals surface area contributed by atoms with Crippen LogP contribution in [0.2, 0.25) is 0 Å². The fourth-order valence-corrected chi connectivity index (χ4v) is 6.01. The van der Waals surface area contributed by atoms with E-state index in [1.54, 1.807) is 0 Å². The predicted molar refractivity (Wildman–Crippen MR) is 154 cm³/mol. The van der Waals surface area contributed by atoms with E-state index in [0.717, 1.165) is 11.4 Å². The molecule has 0 heterocycles. The number of fused-ring (bicyclic) bond motifs is 6. The fourth-order valence-electron chi connectivity index (χ4n) is 6.01. The number of anilines is 2. The van der Waals surface area contributed by atoms with E-state index in [4.69, 9.17) is 0 Å². The van der Waals surface area contributed by atoms with Gasteiger partial charge in [-0.2, -0.15) is 0 Å². The monoisotopic (exact) mass is 461 g/mol. The molecule has 1 N–H and O–H groups in total. The first-order chi connectivity index (χ1) is 17.6. The molecule has 0 atom stereocenters. The third-order valence-electron chi connectivity index (χ3n) is 7.81. The zero-order chi connectivity index (χ0) is 24.3. The number of benzene rings is 6. The van der Waals surface area contributed by atoms with E-state index in [1.807, 2.05) is 0 Å². The molecule has 36 heavy (non-hydrogen) atoms. The van der Waals surface area contributed by atoms with Crippen LogP contribution >= 0.6 is 0 Å². The second-order valence-electron chi connectivity index (χ2n) is 10.3. The van der Waals surface area contributed by atoms with Gasteiger partial charge in [-0.1, -0.05) is 105 Å². The molecule has 7 rings (SSSR count). The average molecular weight is 462 g/mol. The van der Waals surface area contributed by atoms with E-state index in [-0.39, 0.29) is 5.41 Å². The van der Waals surface area contributed by atoms with E-state index in [1.165, 1.54) is 54.9 Å². The summed E-state index contributed by atoms with van der Waals surface area (Å²) >= 11 is 0. The molecule has 0 aromatic heterocycles. The minimum atomic E-state index is -0.00449. The lowest BCUT2D eigenvalue weighted by Crippen LogP contribution is -2.15. The van der Waals surface area contributed by atoms with Crippen molar-refractivity contribution >= 4 is 32.9 Å². The molecule has 0 amide bonds. The zero-order valence-electron chi connectivity index (χ0n) is 20.5. The van der Waals surface area contributed by atoms with Gasteiger partial charge in [0.1, 0.15) is 0 Å². The molecule has 0 unspecified atom stereocenters. The minimum absolute atomic E-state index is 0.00449. The molecule has 0 saturated heterocycles. The van der Waals surface area contributed by atoms with Gasteiger partial charge in [0, 0.05) is 16.8 Å². The first kappa shape index (κ1) is 21.0. The summed E-state index contributed by atoms with van der Waals surface area (Å²) in [6.45, 7) is 4.65. The summed E-state index contributed by atoms with van der Waals surface area (Å²) < 4.78 is 0. The summed E-state index contributed by atoms with van der Waals surface area (Å²) in [6.07, 6.45) is 0. The lowest BCUT2D eigenvalue weighted by atomic mass is 9.82. The molecule has 0 spiro atoms. The normalized spacial score (nSPS) is 13.5. The van der Waals surface area contributed by atoms with Crippen LogP contribution in [0.25, 0.3) is 43.8 Å². The van der Waals surface area contributed by atoms with Gasteiger partial charge in [0.25, 0.3) is 0 Å². The summed E-state index contributed by atoms with van der Waals surface area (Å²) in [5.41, 5.74) is 10.2. The molecule has 1 aliphatic rings. The standard InChI is InChI=1S/C35H27N/c1-35(2)33-17-8-7-16-30(33)31-19-18-26(22-34(31)35)36-25-12-9-11-23(20-25)32-21-24-10-3-4-13-27(24)28-14-5-6-15-29(28)32/h3-22,36H,1-2H3. The highest BCUT2D eigenvalue weighted by Crippen LogP contribution is 2.49. The van der Waals surface area contributed by atoms with Gasteiger partial charge >= 0.3 is 0 Å². The van der Waals surface area contributed by atoms with Crippen molar-refractivity contribution in [3.8, 4) is 22.3 Å². The van der Waals surface area contributed by atoms with Crippen molar-refractivity contribution in [1.82, 2.24) is 0 Å². The van der Waals surface area contributed by atoms with Crippen LogP contribution in [0, 0.1) is 0 Å². The highest BCUT2D eigenvalue weighted by molar-refractivity contribution is 6.13. The summed E-state index contributed by atoms with van der Waals surface area (Å²) in [5.74, 6) is 0. The maximum atomic E-state index is 3.69. The maximum Gasteiger partial charge on any atom is 0.0390 e. The molecule has 6 aromatic rings. The van der Waals surface area contributed by atoms with Crippen LogP contribution in [0.3, 0.4) is 0 Å². The molecule has 1 aliphatic carbocycles. The molecule has 0 fully saturated rings. The van der Waals surface area contributed by atoms with Crippen LogP contribution in [0.5, 0.6) is 0 Å². The molecule has 1 heteroatoms. The molecule has 6 aromatic carbocycles. The van der Waals surface area contributed by atoms with E-state index in [9.17, 15) is 0 Å². The van der Waals surface area contributed by atoms with Gasteiger partial charge in [0.05, 0.1) is 0 Å². The Labute approximate surface area is 212 Å². The summed E-state index contributed by atoms with van der Waals surface area (Å²) in [5, 5.41) is 8.84. The number of hydrogen-bond acceptors (Lipinski definition) is 1. The van der Waals surface area contributed by atoms with E-state index < -0.39 is 0 Å². The van der Waals surface area contributed by atoms with E-state index in [2.05, 4.69) is 140 Å². The zero-order valence-corrected chi connectivity index (χ0v) is 20.5. The minimum Gasteiger partial charge on any atom is -0.356 e. The van der Waals surface area contributed by atoms with Gasteiger partial charge in [-0.25, -0.2) is 0 Å². The van der Waals surface area contributed by atoms with Crippen LogP contribution in [-0.4, -0.2) is 0 Å². The fraction of sp³-hybridized carbons (Fsp3) is 0.0857. The second kappa shape index (κ2) is 7.83. The molecule has 1 nitrogen and oxygen atoms in total. The Morgan fingerprint density at radius 2 is 1.17 bits per heavy atom. The molecule has 0 radical (unpaired) electrons. The Kier molecular flexibility index (Phi) is 4.56. The lowest BCUT2D eigenvalue weighted by molar-refractivity contribution is 0.660. The number of nitrogens with one attached hydrogen (secondary N) is 1. The summed E-state index contributed by atoms with van der Waals surface area (Å²) in [7, 11) is 0. The Morgan fingerprint density at radius 1 is 0.472 bits per heavy atom. The van der Waals surface area contributed by atoms with Crippen LogP contribution in [0.15, 0.2) is 121 Å². The van der Waals surface area contributed by atoms with Crippen LogP contribution in [0.1, 0.15) is 25.0 Å². The van der Waals surface area contributed by atoms with Crippen molar-refractivity contribution in [2.24, 2.45) is 0 Å². The lowest BCUT2D eigenvalue weighted by Gasteiger charge is -2.22. The number of rotatable bonds is 3. The number of hydrogen-bond donors (Lipinski definition) is 1. The van der Waals surface area contributed by atoms with Crippen molar-refractivity contribution in [3.05, 3.63) is 132 Å². The van der Waals surface area contributed by atoms with Crippen LogP contribution in [-0.2, 0) is 5.41 Å². The molecule has 0 saturated carbocycles. The van der Waals surface area contributed by atoms with Crippen molar-refractivity contribution in [1.29, 1.82) is 0 Å².